The molecule has 14 nitrogen and oxygen atoms in total. The van der Waals surface area contributed by atoms with Gasteiger partial charge in [0.05, 0.1) is 63.5 Å². The van der Waals surface area contributed by atoms with Crippen LogP contribution in [-0.2, 0) is 35.1 Å². The third-order valence-corrected chi connectivity index (χ3v) is 12.9. The summed E-state index contributed by atoms with van der Waals surface area (Å²) in [6.45, 7) is 12.2. The number of pyridine rings is 1. The van der Waals surface area contributed by atoms with Gasteiger partial charge in [-0.05, 0) is 131 Å². The number of H-pyrrole nitrogens is 1. The topological polar surface area (TPSA) is 166 Å². The Labute approximate surface area is 353 Å². The van der Waals surface area contributed by atoms with Gasteiger partial charge in [0.2, 0.25) is 11.8 Å². The SMILES string of the molecule is Cc1cc(C)c(CNC(=O)c2cc(C3=CCN(C(=O)COCCOCCOCCOCCNC(=O)CC45CC6CC(CC(C6)C4)C5)CC3)cc3c2cnn3C(C)C)c(=O)[nH]1. The maximum Gasteiger partial charge on any atom is 0.253 e. The maximum atomic E-state index is 13.7. The highest BCUT2D eigenvalue weighted by molar-refractivity contribution is 6.07. The number of hydrogen-bond donors (Lipinski definition) is 3. The van der Waals surface area contributed by atoms with Crippen LogP contribution in [-0.4, -0.2) is 110 Å². The second kappa shape index (κ2) is 20.0. The summed E-state index contributed by atoms with van der Waals surface area (Å²) >= 11 is 0. The van der Waals surface area contributed by atoms with Gasteiger partial charge in [0.25, 0.3) is 11.5 Å². The first-order valence-electron chi connectivity index (χ1n) is 22.0. The molecule has 0 atom stereocenters. The molecule has 4 saturated carbocycles. The summed E-state index contributed by atoms with van der Waals surface area (Å²) in [4.78, 5) is 56.4. The lowest BCUT2D eigenvalue weighted by Gasteiger charge is -2.56. The molecule has 14 heteroatoms. The van der Waals surface area contributed by atoms with E-state index in [2.05, 4.69) is 26.8 Å². The van der Waals surface area contributed by atoms with Gasteiger partial charge in [-0.25, -0.2) is 0 Å². The monoisotopic (exact) mass is 828 g/mol. The third-order valence-electron chi connectivity index (χ3n) is 12.9. The van der Waals surface area contributed by atoms with Crippen molar-refractivity contribution in [2.75, 3.05) is 72.5 Å². The van der Waals surface area contributed by atoms with Gasteiger partial charge in [-0.2, -0.15) is 5.10 Å². The van der Waals surface area contributed by atoms with Crippen molar-refractivity contribution >= 4 is 34.2 Å². The minimum atomic E-state index is -0.285. The zero-order valence-electron chi connectivity index (χ0n) is 35.9. The second-order valence-corrected chi connectivity index (χ2v) is 17.9. The molecule has 8 rings (SSSR count). The van der Waals surface area contributed by atoms with Crippen molar-refractivity contribution in [2.24, 2.45) is 23.2 Å². The lowest BCUT2D eigenvalue weighted by atomic mass is 9.49. The molecular formula is C46H64N6O8. The maximum absolute atomic E-state index is 13.7. The van der Waals surface area contributed by atoms with Gasteiger partial charge < -0.3 is 39.5 Å². The largest absolute Gasteiger partial charge is 0.377 e. The molecule has 1 aliphatic heterocycles. The van der Waals surface area contributed by atoms with Gasteiger partial charge in [-0.3, -0.25) is 23.9 Å². The first kappa shape index (κ1) is 43.7. The van der Waals surface area contributed by atoms with Gasteiger partial charge in [-0.1, -0.05) is 6.08 Å². The summed E-state index contributed by atoms with van der Waals surface area (Å²) in [7, 11) is 0. The molecule has 3 heterocycles. The fourth-order valence-electron chi connectivity index (χ4n) is 10.5. The van der Waals surface area contributed by atoms with Crippen LogP contribution in [0.1, 0.15) is 104 Å². The van der Waals surface area contributed by atoms with Gasteiger partial charge in [0.1, 0.15) is 6.61 Å². The Kier molecular flexibility index (Phi) is 14.6. The van der Waals surface area contributed by atoms with Gasteiger partial charge >= 0.3 is 0 Å². The molecule has 0 unspecified atom stereocenters. The molecule has 3 aromatic rings. The predicted molar refractivity (Wildman–Crippen MR) is 229 cm³/mol. The average molecular weight is 829 g/mol. The van der Waals surface area contributed by atoms with Crippen molar-refractivity contribution in [3.8, 4) is 0 Å². The van der Waals surface area contributed by atoms with E-state index < -0.39 is 0 Å². The van der Waals surface area contributed by atoms with Crippen LogP contribution in [0.3, 0.4) is 0 Å². The number of fused-ring (bicyclic) bond motifs is 1. The normalized spacial score (nSPS) is 22.1. The number of aromatic nitrogens is 3. The summed E-state index contributed by atoms with van der Waals surface area (Å²) in [5.41, 5.74) is 5.46. The van der Waals surface area contributed by atoms with Crippen molar-refractivity contribution < 1.29 is 33.3 Å². The molecule has 4 aliphatic carbocycles. The molecule has 3 N–H and O–H groups in total. The smallest absolute Gasteiger partial charge is 0.253 e. The quantitative estimate of drug-likeness (QED) is 0.122. The van der Waals surface area contributed by atoms with Crippen LogP contribution >= 0.6 is 0 Å². The van der Waals surface area contributed by atoms with Crippen LogP contribution in [0.15, 0.2) is 35.3 Å². The van der Waals surface area contributed by atoms with E-state index in [0.717, 1.165) is 51.1 Å². The van der Waals surface area contributed by atoms with E-state index in [1.165, 1.54) is 38.5 Å². The standard InChI is InChI=1S/C46H64N6O8/c1-30(2)52-41-22-37(21-38(40(41)28-49-52)44(55)48-27-39-31(3)17-32(4)50-45(39)56)36-5-8-51(9-6-36)43(54)29-60-16-15-59-14-13-58-12-11-57-10-7-47-42(53)26-46-23-33-18-34(24-46)20-35(19-33)25-46/h5,17,21-22,28,30,33-35H,6-16,18-20,23-27,29H2,1-4H3,(H,47,53)(H,48,55)(H,50,56). The molecule has 5 aliphatic rings. The Balaban J connectivity index is 0.758. The molecular weight excluding hydrogens is 765 g/mol. The van der Waals surface area contributed by atoms with Crippen LogP contribution < -0.4 is 16.2 Å². The van der Waals surface area contributed by atoms with E-state index in [1.54, 1.807) is 11.1 Å². The van der Waals surface area contributed by atoms with Gasteiger partial charge in [-0.15, -0.1) is 0 Å². The van der Waals surface area contributed by atoms with Crippen LogP contribution in [0.2, 0.25) is 0 Å². The highest BCUT2D eigenvalue weighted by atomic mass is 16.6. The van der Waals surface area contributed by atoms with E-state index >= 15 is 0 Å². The third kappa shape index (κ3) is 10.9. The molecule has 0 radical (unpaired) electrons. The number of ether oxygens (including phenoxy) is 4. The molecule has 1 aromatic carbocycles. The summed E-state index contributed by atoms with van der Waals surface area (Å²) in [6.07, 6.45) is 13.0. The highest BCUT2D eigenvalue weighted by Crippen LogP contribution is 2.61. The number of nitrogens with one attached hydrogen (secondary N) is 3. The van der Waals surface area contributed by atoms with Crippen LogP contribution in [0.25, 0.3) is 16.5 Å². The number of carbonyl (C=O) groups is 3. The number of benzene rings is 1. The number of hydrogen-bond acceptors (Lipinski definition) is 9. The number of aryl methyl sites for hydroxylation is 2. The van der Waals surface area contributed by atoms with E-state index in [1.807, 2.05) is 50.6 Å². The van der Waals surface area contributed by atoms with Crippen molar-refractivity contribution in [3.05, 3.63) is 68.8 Å². The van der Waals surface area contributed by atoms with Crippen LogP contribution in [0.5, 0.6) is 0 Å². The van der Waals surface area contributed by atoms with Crippen LogP contribution in [0, 0.1) is 37.0 Å². The Morgan fingerprint density at radius 1 is 0.883 bits per heavy atom. The Bertz CT molecular complexity index is 2050. The average Bonchev–Trinajstić information content (AvgIpc) is 3.64. The van der Waals surface area contributed by atoms with Gasteiger partial charge in [0, 0.05) is 55.3 Å². The Morgan fingerprint density at radius 2 is 1.53 bits per heavy atom. The van der Waals surface area contributed by atoms with E-state index in [4.69, 9.17) is 18.9 Å². The molecule has 60 heavy (non-hydrogen) atoms. The number of rotatable bonds is 21. The molecule has 0 spiro atoms. The molecule has 4 bridgehead atoms. The van der Waals surface area contributed by atoms with Crippen molar-refractivity contribution in [2.45, 2.75) is 91.6 Å². The predicted octanol–water partition coefficient (Wildman–Crippen LogP) is 5.26. The summed E-state index contributed by atoms with van der Waals surface area (Å²) in [6, 6.07) is 5.92. The van der Waals surface area contributed by atoms with E-state index in [0.29, 0.717) is 89.9 Å². The summed E-state index contributed by atoms with van der Waals surface area (Å²) in [5, 5.41) is 11.3. The summed E-state index contributed by atoms with van der Waals surface area (Å²) < 4.78 is 24.4. The Hall–Kier alpha value is -4.37. The number of carbonyl (C=O) groups excluding carboxylic acids is 3. The molecule has 326 valence electrons. The number of nitrogens with zero attached hydrogens (tertiary/aromatic N) is 3. The lowest BCUT2D eigenvalue weighted by molar-refractivity contribution is -0.136. The minimum Gasteiger partial charge on any atom is -0.377 e. The zero-order chi connectivity index (χ0) is 42.2. The number of aromatic amines is 1. The van der Waals surface area contributed by atoms with Crippen molar-refractivity contribution in [3.63, 3.8) is 0 Å². The zero-order valence-corrected chi connectivity index (χ0v) is 35.9. The fourth-order valence-corrected chi connectivity index (χ4v) is 10.5. The molecule has 3 amide bonds. The van der Waals surface area contributed by atoms with Crippen molar-refractivity contribution in [1.29, 1.82) is 0 Å². The minimum absolute atomic E-state index is 0.0315. The van der Waals surface area contributed by atoms with E-state index in [9.17, 15) is 19.2 Å². The first-order chi connectivity index (χ1) is 29.0. The summed E-state index contributed by atoms with van der Waals surface area (Å²) in [5.74, 6) is 2.37. The first-order valence-corrected chi connectivity index (χ1v) is 22.0. The second-order valence-electron chi connectivity index (χ2n) is 17.9. The number of amides is 3. The Morgan fingerprint density at radius 3 is 2.15 bits per heavy atom. The molecule has 2 aromatic heterocycles. The van der Waals surface area contributed by atoms with E-state index in [-0.39, 0.29) is 47.9 Å². The lowest BCUT2D eigenvalue weighted by Crippen LogP contribution is -2.48. The van der Waals surface area contributed by atoms with Crippen LogP contribution in [0.4, 0.5) is 0 Å². The van der Waals surface area contributed by atoms with Crippen molar-refractivity contribution in [1.82, 2.24) is 30.3 Å². The molecule has 0 saturated heterocycles. The molecule has 4 fully saturated rings. The fraction of sp³-hybridized carbons (Fsp3) is 0.630. The highest BCUT2D eigenvalue weighted by Gasteiger charge is 2.51. The van der Waals surface area contributed by atoms with Gasteiger partial charge in [0.15, 0.2) is 0 Å².